The van der Waals surface area contributed by atoms with Crippen LogP contribution in [0.3, 0.4) is 0 Å². The Hall–Kier alpha value is -1.05. The number of nitrogens with zero attached hydrogens (tertiary/aromatic N) is 1. The van der Waals surface area contributed by atoms with E-state index in [1.54, 1.807) is 4.57 Å². The molecular formula is C12H19NO. The van der Waals surface area contributed by atoms with Crippen LogP contribution < -0.4 is 5.56 Å². The largest absolute Gasteiger partial charge is 0.315 e. The summed E-state index contributed by atoms with van der Waals surface area (Å²) >= 11 is 0. The van der Waals surface area contributed by atoms with Gasteiger partial charge < -0.3 is 4.57 Å². The van der Waals surface area contributed by atoms with Crippen LogP contribution >= 0.6 is 0 Å². The summed E-state index contributed by atoms with van der Waals surface area (Å²) in [6, 6.07) is 0. The highest BCUT2D eigenvalue weighted by Crippen LogP contribution is 2.19. The third-order valence-corrected chi connectivity index (χ3v) is 3.12. The average molecular weight is 193 g/mol. The second-order valence-corrected chi connectivity index (χ2v) is 4.27. The molecule has 14 heavy (non-hydrogen) atoms. The Balaban J connectivity index is 3.69. The molecule has 0 saturated carbocycles. The van der Waals surface area contributed by atoms with Crippen LogP contribution in [0.4, 0.5) is 0 Å². The smallest absolute Gasteiger partial charge is 0.254 e. The van der Waals surface area contributed by atoms with Crippen molar-refractivity contribution in [3.8, 4) is 0 Å². The zero-order chi connectivity index (χ0) is 11.0. The molecule has 0 N–H and O–H groups in total. The topological polar surface area (TPSA) is 22.0 Å². The van der Waals surface area contributed by atoms with Gasteiger partial charge in [-0.1, -0.05) is 13.8 Å². The molecular weight excluding hydrogens is 174 g/mol. The molecule has 0 atom stereocenters. The van der Waals surface area contributed by atoms with Crippen molar-refractivity contribution in [1.29, 1.82) is 0 Å². The van der Waals surface area contributed by atoms with E-state index in [0.29, 0.717) is 5.92 Å². The van der Waals surface area contributed by atoms with E-state index in [9.17, 15) is 4.79 Å². The summed E-state index contributed by atoms with van der Waals surface area (Å²) in [6.45, 7) is 10.2. The standard InChI is InChI=1S/C12H19NO/c1-7(2)11-9(4)8(3)10(5)13(6)12(11)14/h7H,1-6H3. The van der Waals surface area contributed by atoms with Gasteiger partial charge in [-0.25, -0.2) is 0 Å². The predicted molar refractivity (Wildman–Crippen MR) is 60.0 cm³/mol. The Morgan fingerprint density at radius 3 is 2.00 bits per heavy atom. The number of hydrogen-bond donors (Lipinski definition) is 0. The van der Waals surface area contributed by atoms with Gasteiger partial charge in [-0.05, 0) is 37.8 Å². The lowest BCUT2D eigenvalue weighted by Crippen LogP contribution is -2.26. The molecule has 1 heterocycles. The van der Waals surface area contributed by atoms with Crippen molar-refractivity contribution in [1.82, 2.24) is 4.57 Å². The SMILES string of the molecule is Cc1c(C)c(C)n(C)c(=O)c1C(C)C. The molecule has 0 aliphatic heterocycles. The number of aromatic nitrogens is 1. The highest BCUT2D eigenvalue weighted by molar-refractivity contribution is 5.36. The lowest BCUT2D eigenvalue weighted by molar-refractivity contribution is 0.742. The van der Waals surface area contributed by atoms with Crippen molar-refractivity contribution in [3.63, 3.8) is 0 Å². The molecule has 0 fully saturated rings. The Labute approximate surface area is 85.6 Å². The fourth-order valence-corrected chi connectivity index (χ4v) is 1.90. The fraction of sp³-hybridized carbons (Fsp3) is 0.583. The second kappa shape index (κ2) is 3.60. The zero-order valence-electron chi connectivity index (χ0n) is 9.93. The summed E-state index contributed by atoms with van der Waals surface area (Å²) in [4.78, 5) is 12.0. The monoisotopic (exact) mass is 193 g/mol. The van der Waals surface area contributed by atoms with Crippen LogP contribution in [-0.4, -0.2) is 4.57 Å². The maximum atomic E-state index is 12.0. The van der Waals surface area contributed by atoms with Gasteiger partial charge in [-0.15, -0.1) is 0 Å². The molecule has 0 aliphatic carbocycles. The van der Waals surface area contributed by atoms with Gasteiger partial charge in [0.25, 0.3) is 5.56 Å². The van der Waals surface area contributed by atoms with Gasteiger partial charge >= 0.3 is 0 Å². The van der Waals surface area contributed by atoms with Gasteiger partial charge in [0.05, 0.1) is 0 Å². The maximum Gasteiger partial charge on any atom is 0.254 e. The van der Waals surface area contributed by atoms with Gasteiger partial charge in [0.15, 0.2) is 0 Å². The van der Waals surface area contributed by atoms with Crippen molar-refractivity contribution in [3.05, 3.63) is 32.7 Å². The maximum absolute atomic E-state index is 12.0. The first-order valence-corrected chi connectivity index (χ1v) is 5.04. The minimum Gasteiger partial charge on any atom is -0.315 e. The molecule has 1 rings (SSSR count). The summed E-state index contributed by atoms with van der Waals surface area (Å²) in [6.07, 6.45) is 0. The first kappa shape index (κ1) is 11.0. The third kappa shape index (κ3) is 1.49. The highest BCUT2D eigenvalue weighted by atomic mass is 16.1. The minimum absolute atomic E-state index is 0.153. The van der Waals surface area contributed by atoms with Gasteiger partial charge in [0.2, 0.25) is 0 Å². The molecule has 1 aromatic rings. The molecule has 0 aliphatic rings. The molecule has 2 nitrogen and oxygen atoms in total. The fourth-order valence-electron chi connectivity index (χ4n) is 1.90. The lowest BCUT2D eigenvalue weighted by atomic mass is 9.95. The number of hydrogen-bond acceptors (Lipinski definition) is 1. The first-order valence-electron chi connectivity index (χ1n) is 5.04. The third-order valence-electron chi connectivity index (χ3n) is 3.12. The molecule has 1 aromatic heterocycles. The van der Waals surface area contributed by atoms with Crippen LogP contribution in [0.15, 0.2) is 4.79 Å². The van der Waals surface area contributed by atoms with Crippen molar-refractivity contribution in [2.24, 2.45) is 7.05 Å². The van der Waals surface area contributed by atoms with Gasteiger partial charge in [-0.3, -0.25) is 4.79 Å². The van der Waals surface area contributed by atoms with E-state index in [2.05, 4.69) is 20.8 Å². The van der Waals surface area contributed by atoms with Gasteiger partial charge in [-0.2, -0.15) is 0 Å². The zero-order valence-corrected chi connectivity index (χ0v) is 9.93. The van der Waals surface area contributed by atoms with Crippen molar-refractivity contribution in [2.75, 3.05) is 0 Å². The molecule has 0 amide bonds. The average Bonchev–Trinajstić information content (AvgIpc) is 2.11. The highest BCUT2D eigenvalue weighted by Gasteiger charge is 2.14. The van der Waals surface area contributed by atoms with E-state index in [1.807, 2.05) is 20.9 Å². The number of pyridine rings is 1. The van der Waals surface area contributed by atoms with E-state index in [0.717, 1.165) is 16.8 Å². The van der Waals surface area contributed by atoms with E-state index in [1.165, 1.54) is 5.56 Å². The van der Waals surface area contributed by atoms with E-state index < -0.39 is 0 Å². The molecule has 2 heteroatoms. The van der Waals surface area contributed by atoms with Gasteiger partial charge in [0, 0.05) is 18.3 Å². The lowest BCUT2D eigenvalue weighted by Gasteiger charge is -2.16. The van der Waals surface area contributed by atoms with E-state index in [4.69, 9.17) is 0 Å². The normalized spacial score (nSPS) is 11.1. The Kier molecular flexibility index (Phi) is 2.84. The first-order chi connectivity index (χ1) is 6.37. The van der Waals surface area contributed by atoms with Crippen LogP contribution in [0, 0.1) is 20.8 Å². The Morgan fingerprint density at radius 1 is 1.07 bits per heavy atom. The summed E-state index contributed by atoms with van der Waals surface area (Å²) in [5.41, 5.74) is 4.56. The van der Waals surface area contributed by atoms with Crippen LogP contribution in [-0.2, 0) is 7.05 Å². The molecule has 0 bridgehead atoms. The summed E-state index contributed by atoms with van der Waals surface area (Å²) in [5.74, 6) is 0.299. The van der Waals surface area contributed by atoms with Crippen molar-refractivity contribution >= 4 is 0 Å². The summed E-state index contributed by atoms with van der Waals surface area (Å²) in [5, 5.41) is 0. The van der Waals surface area contributed by atoms with Crippen molar-refractivity contribution in [2.45, 2.75) is 40.5 Å². The molecule has 0 aromatic carbocycles. The number of rotatable bonds is 1. The minimum atomic E-state index is 0.153. The second-order valence-electron chi connectivity index (χ2n) is 4.27. The molecule has 0 saturated heterocycles. The van der Waals surface area contributed by atoms with E-state index >= 15 is 0 Å². The molecule has 0 unspecified atom stereocenters. The predicted octanol–water partition coefficient (Wildman–Crippen LogP) is 2.43. The Morgan fingerprint density at radius 2 is 1.57 bits per heavy atom. The quantitative estimate of drug-likeness (QED) is 0.671. The molecule has 0 radical (unpaired) electrons. The summed E-state index contributed by atoms with van der Waals surface area (Å²) < 4.78 is 1.75. The summed E-state index contributed by atoms with van der Waals surface area (Å²) in [7, 11) is 1.84. The Bertz CT molecular complexity index is 413. The van der Waals surface area contributed by atoms with Crippen LogP contribution in [0.1, 0.15) is 42.1 Å². The van der Waals surface area contributed by atoms with Gasteiger partial charge in [0.1, 0.15) is 0 Å². The van der Waals surface area contributed by atoms with E-state index in [-0.39, 0.29) is 5.56 Å². The van der Waals surface area contributed by atoms with Crippen LogP contribution in [0.2, 0.25) is 0 Å². The van der Waals surface area contributed by atoms with Crippen LogP contribution in [0.5, 0.6) is 0 Å². The molecule has 0 spiro atoms. The van der Waals surface area contributed by atoms with Crippen LogP contribution in [0.25, 0.3) is 0 Å². The van der Waals surface area contributed by atoms with Crippen molar-refractivity contribution < 1.29 is 0 Å². The molecule has 78 valence electrons.